The maximum Gasteiger partial charge on any atom is 0.220 e. The third-order valence-electron chi connectivity index (χ3n) is 4.68. The molecular formula is C19H28F2N2O. The number of amides is 1. The van der Waals surface area contributed by atoms with Gasteiger partial charge in [-0.05, 0) is 49.8 Å². The minimum Gasteiger partial charge on any atom is -0.349 e. The van der Waals surface area contributed by atoms with Crippen molar-refractivity contribution in [2.24, 2.45) is 11.3 Å². The van der Waals surface area contributed by atoms with Gasteiger partial charge in [-0.1, -0.05) is 26.8 Å². The summed E-state index contributed by atoms with van der Waals surface area (Å²) in [5.74, 6) is -0.723. The Hall–Kier alpha value is -1.49. The van der Waals surface area contributed by atoms with E-state index in [1.54, 1.807) is 0 Å². The second-order valence-electron chi connectivity index (χ2n) is 7.76. The molecule has 0 spiro atoms. The van der Waals surface area contributed by atoms with Crippen molar-refractivity contribution in [3.63, 3.8) is 0 Å². The molecule has 0 aromatic heterocycles. The number of nitrogens with one attached hydrogen (secondary N) is 2. The Morgan fingerprint density at radius 1 is 1.29 bits per heavy atom. The third kappa shape index (κ3) is 5.26. The van der Waals surface area contributed by atoms with Crippen LogP contribution in [0.15, 0.2) is 18.2 Å². The average Bonchev–Trinajstić information content (AvgIpc) is 2.51. The van der Waals surface area contributed by atoms with Crippen molar-refractivity contribution in [2.75, 3.05) is 13.1 Å². The van der Waals surface area contributed by atoms with Crippen LogP contribution in [0, 0.1) is 23.0 Å². The summed E-state index contributed by atoms with van der Waals surface area (Å²) >= 11 is 0. The lowest BCUT2D eigenvalue weighted by atomic mass is 9.82. The molecule has 0 bridgehead atoms. The summed E-state index contributed by atoms with van der Waals surface area (Å²) in [6.07, 6.45) is 3.50. The van der Waals surface area contributed by atoms with E-state index in [2.05, 4.69) is 10.6 Å². The quantitative estimate of drug-likeness (QED) is 0.853. The van der Waals surface area contributed by atoms with Gasteiger partial charge in [0.2, 0.25) is 5.91 Å². The van der Waals surface area contributed by atoms with Gasteiger partial charge >= 0.3 is 0 Å². The first-order valence-corrected chi connectivity index (χ1v) is 8.72. The molecule has 3 nitrogen and oxygen atoms in total. The van der Waals surface area contributed by atoms with Crippen LogP contribution in [-0.4, -0.2) is 19.0 Å². The highest BCUT2D eigenvalue weighted by Gasteiger charge is 2.30. The lowest BCUT2D eigenvalue weighted by molar-refractivity contribution is -0.123. The van der Waals surface area contributed by atoms with Gasteiger partial charge in [-0.25, -0.2) is 8.78 Å². The first-order valence-electron chi connectivity index (χ1n) is 8.72. The topological polar surface area (TPSA) is 41.1 Å². The van der Waals surface area contributed by atoms with Crippen LogP contribution in [0.5, 0.6) is 0 Å². The molecular weight excluding hydrogens is 310 g/mol. The Balaban J connectivity index is 2.01. The summed E-state index contributed by atoms with van der Waals surface area (Å²) < 4.78 is 27.3. The van der Waals surface area contributed by atoms with Crippen molar-refractivity contribution in [3.05, 3.63) is 35.4 Å². The number of halogens is 2. The van der Waals surface area contributed by atoms with Gasteiger partial charge in [-0.3, -0.25) is 4.79 Å². The van der Waals surface area contributed by atoms with Crippen LogP contribution < -0.4 is 10.6 Å². The number of hydrogen-bond donors (Lipinski definition) is 2. The maximum atomic E-state index is 14.2. The average molecular weight is 338 g/mol. The monoisotopic (exact) mass is 338 g/mol. The minimum absolute atomic E-state index is 0.0721. The Labute approximate surface area is 143 Å². The van der Waals surface area contributed by atoms with E-state index < -0.39 is 17.7 Å². The SMILES string of the molecule is CC(C)(C)C(NC(=O)CCC1CCNCC1)c1ccc(F)cc1F. The molecule has 134 valence electrons. The highest BCUT2D eigenvalue weighted by atomic mass is 19.1. The van der Waals surface area contributed by atoms with Crippen LogP contribution in [0.2, 0.25) is 0 Å². The largest absolute Gasteiger partial charge is 0.349 e. The Kier molecular flexibility index (Phi) is 6.33. The molecule has 1 aromatic carbocycles. The molecule has 0 radical (unpaired) electrons. The van der Waals surface area contributed by atoms with Gasteiger partial charge in [-0.15, -0.1) is 0 Å². The number of hydrogen-bond acceptors (Lipinski definition) is 2. The van der Waals surface area contributed by atoms with Crippen molar-refractivity contribution in [1.29, 1.82) is 0 Å². The second-order valence-corrected chi connectivity index (χ2v) is 7.76. The molecule has 1 atom stereocenters. The van der Waals surface area contributed by atoms with Crippen molar-refractivity contribution in [3.8, 4) is 0 Å². The highest BCUT2D eigenvalue weighted by Crippen LogP contribution is 2.34. The molecule has 1 unspecified atom stereocenters. The van der Waals surface area contributed by atoms with Crippen LogP contribution >= 0.6 is 0 Å². The summed E-state index contributed by atoms with van der Waals surface area (Å²) in [5.41, 5.74) is -0.0394. The molecule has 0 aliphatic carbocycles. The van der Waals surface area contributed by atoms with E-state index in [-0.39, 0.29) is 11.3 Å². The number of benzene rings is 1. The molecule has 0 saturated carbocycles. The Morgan fingerprint density at radius 3 is 2.54 bits per heavy atom. The van der Waals surface area contributed by atoms with Gasteiger partial charge in [-0.2, -0.15) is 0 Å². The van der Waals surface area contributed by atoms with Gasteiger partial charge in [0.15, 0.2) is 0 Å². The lowest BCUT2D eigenvalue weighted by Crippen LogP contribution is -2.37. The van der Waals surface area contributed by atoms with Crippen LogP contribution in [0.25, 0.3) is 0 Å². The normalized spacial score (nSPS) is 17.5. The molecule has 1 aromatic rings. The number of piperidine rings is 1. The van der Waals surface area contributed by atoms with Crippen LogP contribution in [0.3, 0.4) is 0 Å². The smallest absolute Gasteiger partial charge is 0.220 e. The summed E-state index contributed by atoms with van der Waals surface area (Å²) in [5, 5.41) is 6.27. The predicted molar refractivity (Wildman–Crippen MR) is 91.5 cm³/mol. The van der Waals surface area contributed by atoms with Crippen LogP contribution in [-0.2, 0) is 4.79 Å². The van der Waals surface area contributed by atoms with E-state index in [1.165, 1.54) is 12.1 Å². The molecule has 1 saturated heterocycles. The van der Waals surface area contributed by atoms with Gasteiger partial charge in [0, 0.05) is 18.1 Å². The van der Waals surface area contributed by atoms with E-state index in [9.17, 15) is 13.6 Å². The van der Waals surface area contributed by atoms with E-state index in [1.807, 2.05) is 20.8 Å². The zero-order valence-electron chi connectivity index (χ0n) is 14.8. The van der Waals surface area contributed by atoms with Crippen LogP contribution in [0.1, 0.15) is 58.1 Å². The van der Waals surface area contributed by atoms with Crippen molar-refractivity contribution >= 4 is 5.91 Å². The zero-order chi connectivity index (χ0) is 17.7. The number of carbonyl (C=O) groups excluding carboxylic acids is 1. The van der Waals surface area contributed by atoms with Crippen LogP contribution in [0.4, 0.5) is 8.78 Å². The van der Waals surface area contributed by atoms with E-state index in [4.69, 9.17) is 0 Å². The minimum atomic E-state index is -0.617. The summed E-state index contributed by atoms with van der Waals surface area (Å²) in [7, 11) is 0. The summed E-state index contributed by atoms with van der Waals surface area (Å²) in [4.78, 5) is 12.4. The molecule has 2 N–H and O–H groups in total. The summed E-state index contributed by atoms with van der Waals surface area (Å²) in [6, 6.07) is 3.04. The fourth-order valence-corrected chi connectivity index (χ4v) is 3.24. The fraction of sp³-hybridized carbons (Fsp3) is 0.632. The van der Waals surface area contributed by atoms with Gasteiger partial charge < -0.3 is 10.6 Å². The molecule has 2 rings (SSSR count). The lowest BCUT2D eigenvalue weighted by Gasteiger charge is -2.32. The molecule has 1 amide bonds. The first kappa shape index (κ1) is 18.8. The van der Waals surface area contributed by atoms with Gasteiger partial charge in [0.1, 0.15) is 11.6 Å². The van der Waals surface area contributed by atoms with Crippen molar-refractivity contribution in [1.82, 2.24) is 10.6 Å². The van der Waals surface area contributed by atoms with Crippen molar-refractivity contribution in [2.45, 2.75) is 52.5 Å². The molecule has 5 heteroatoms. The zero-order valence-corrected chi connectivity index (χ0v) is 14.8. The Bertz CT molecular complexity index is 563. The first-order chi connectivity index (χ1) is 11.3. The fourth-order valence-electron chi connectivity index (χ4n) is 3.24. The second kappa shape index (κ2) is 8.06. The predicted octanol–water partition coefficient (Wildman–Crippen LogP) is 3.95. The van der Waals surface area contributed by atoms with E-state index >= 15 is 0 Å². The molecule has 1 fully saturated rings. The van der Waals surface area contributed by atoms with E-state index in [0.717, 1.165) is 38.4 Å². The number of carbonyl (C=O) groups is 1. The number of rotatable bonds is 5. The molecule has 1 heterocycles. The molecule has 24 heavy (non-hydrogen) atoms. The van der Waals surface area contributed by atoms with E-state index in [0.29, 0.717) is 17.9 Å². The Morgan fingerprint density at radius 2 is 1.96 bits per heavy atom. The van der Waals surface area contributed by atoms with Gasteiger partial charge in [0.25, 0.3) is 0 Å². The molecule has 1 aliphatic heterocycles. The maximum absolute atomic E-state index is 14.2. The van der Waals surface area contributed by atoms with Gasteiger partial charge in [0.05, 0.1) is 6.04 Å². The standard InChI is InChI=1S/C19H28F2N2O/c1-19(2,3)18(15-6-5-14(20)12-16(15)21)23-17(24)7-4-13-8-10-22-11-9-13/h5-6,12-13,18,22H,4,7-11H2,1-3H3,(H,23,24). The third-order valence-corrected chi connectivity index (χ3v) is 4.68. The molecule has 1 aliphatic rings. The van der Waals surface area contributed by atoms with Crippen molar-refractivity contribution < 1.29 is 13.6 Å². The summed E-state index contributed by atoms with van der Waals surface area (Å²) in [6.45, 7) is 7.84. The highest BCUT2D eigenvalue weighted by molar-refractivity contribution is 5.76.